The Hall–Kier alpha value is -3.85. The van der Waals surface area contributed by atoms with Gasteiger partial charge in [-0.3, -0.25) is 0 Å². The maximum Gasteiger partial charge on any atom is 0.340 e. The lowest BCUT2D eigenvalue weighted by Gasteiger charge is -2.13. The molecule has 1 aliphatic heterocycles. The first-order valence-electron chi connectivity index (χ1n) is 9.77. The van der Waals surface area contributed by atoms with Crippen molar-refractivity contribution in [2.45, 2.75) is 25.9 Å². The van der Waals surface area contributed by atoms with Gasteiger partial charge in [-0.15, -0.1) is 0 Å². The third-order valence-electron chi connectivity index (χ3n) is 5.35. The van der Waals surface area contributed by atoms with E-state index in [-0.39, 0.29) is 6.79 Å². The van der Waals surface area contributed by atoms with Crippen LogP contribution in [0.15, 0.2) is 42.5 Å². The number of esters is 1. The molecule has 2 aliphatic rings. The number of aromatic nitrogens is 1. The van der Waals surface area contributed by atoms with Crippen molar-refractivity contribution in [3.05, 3.63) is 64.8 Å². The minimum Gasteiger partial charge on any atom is -0.454 e. The second kappa shape index (κ2) is 7.20. The van der Waals surface area contributed by atoms with Crippen LogP contribution in [0.4, 0.5) is 0 Å². The lowest BCUT2D eigenvalue weighted by molar-refractivity contribution is 0.0436. The van der Waals surface area contributed by atoms with Gasteiger partial charge in [0.1, 0.15) is 6.07 Å². The molecule has 6 heteroatoms. The largest absolute Gasteiger partial charge is 0.454 e. The van der Waals surface area contributed by atoms with Crippen molar-refractivity contribution >= 4 is 28.5 Å². The number of pyridine rings is 1. The number of fused-ring (bicyclic) bond motifs is 3. The van der Waals surface area contributed by atoms with E-state index < -0.39 is 12.1 Å². The first-order chi connectivity index (χ1) is 14.6. The maximum atomic E-state index is 12.9. The van der Waals surface area contributed by atoms with Crippen molar-refractivity contribution in [2.24, 2.45) is 0 Å². The minimum absolute atomic E-state index is 0.234. The summed E-state index contributed by atoms with van der Waals surface area (Å²) in [7, 11) is 0. The Balaban J connectivity index is 1.62. The average Bonchev–Trinajstić information content (AvgIpc) is 3.38. The van der Waals surface area contributed by atoms with Gasteiger partial charge in [0.25, 0.3) is 0 Å². The summed E-state index contributed by atoms with van der Waals surface area (Å²) in [5, 5.41) is 9.79. The number of ether oxygens (including phenoxy) is 3. The van der Waals surface area contributed by atoms with Gasteiger partial charge in [-0.1, -0.05) is 24.3 Å². The van der Waals surface area contributed by atoms with Gasteiger partial charge in [0.15, 0.2) is 17.6 Å². The molecule has 6 nitrogen and oxygen atoms in total. The van der Waals surface area contributed by atoms with Crippen LogP contribution in [0.3, 0.4) is 0 Å². The first kappa shape index (κ1) is 18.2. The second-order valence-electron chi connectivity index (χ2n) is 7.29. The van der Waals surface area contributed by atoms with E-state index in [0.717, 1.165) is 51.2 Å². The van der Waals surface area contributed by atoms with E-state index >= 15 is 0 Å². The van der Waals surface area contributed by atoms with Crippen LogP contribution in [0.5, 0.6) is 11.5 Å². The number of rotatable bonds is 3. The summed E-state index contributed by atoms with van der Waals surface area (Å²) in [4.78, 5) is 17.8. The van der Waals surface area contributed by atoms with Crippen LogP contribution in [0.2, 0.25) is 0 Å². The van der Waals surface area contributed by atoms with Crippen molar-refractivity contribution in [1.82, 2.24) is 4.98 Å². The predicted octanol–water partition coefficient (Wildman–Crippen LogP) is 4.52. The van der Waals surface area contributed by atoms with Crippen LogP contribution in [0.1, 0.15) is 40.5 Å². The lowest BCUT2D eigenvalue weighted by atomic mass is 10.0. The van der Waals surface area contributed by atoms with Crippen LogP contribution >= 0.6 is 0 Å². The molecule has 2 aromatic carbocycles. The van der Waals surface area contributed by atoms with Crippen LogP contribution in [0, 0.1) is 11.3 Å². The lowest BCUT2D eigenvalue weighted by Crippen LogP contribution is -2.16. The monoisotopic (exact) mass is 398 g/mol. The van der Waals surface area contributed by atoms with Crippen molar-refractivity contribution in [3.8, 4) is 17.6 Å². The van der Waals surface area contributed by atoms with Gasteiger partial charge >= 0.3 is 5.97 Å². The normalized spacial score (nSPS) is 16.3. The van der Waals surface area contributed by atoms with E-state index in [1.165, 1.54) is 0 Å². The molecule has 1 atom stereocenters. The third kappa shape index (κ3) is 3.05. The van der Waals surface area contributed by atoms with Gasteiger partial charge in [0.2, 0.25) is 6.79 Å². The average molecular weight is 398 g/mol. The van der Waals surface area contributed by atoms with E-state index in [2.05, 4.69) is 6.08 Å². The summed E-state index contributed by atoms with van der Waals surface area (Å²) in [6.07, 6.45) is 2.71. The van der Waals surface area contributed by atoms with Gasteiger partial charge in [-0.2, -0.15) is 5.26 Å². The highest BCUT2D eigenvalue weighted by molar-refractivity contribution is 6.07. The molecule has 3 aromatic rings. The van der Waals surface area contributed by atoms with Crippen molar-refractivity contribution in [2.75, 3.05) is 6.79 Å². The molecule has 1 aliphatic carbocycles. The number of nitrogens with zero attached hydrogens (tertiary/aromatic N) is 2. The SMILES string of the molecule is C[C@H](C#N)OC(=O)c1c2c(nc3ccccc13)/C(=C/c1ccc3c(c1)OCO3)CC2. The molecule has 0 saturated heterocycles. The molecule has 1 aromatic heterocycles. The van der Waals surface area contributed by atoms with Crippen LogP contribution in [-0.4, -0.2) is 23.9 Å². The molecule has 148 valence electrons. The van der Waals surface area contributed by atoms with E-state index in [0.29, 0.717) is 12.0 Å². The van der Waals surface area contributed by atoms with Gasteiger partial charge in [0.05, 0.1) is 16.8 Å². The smallest absolute Gasteiger partial charge is 0.340 e. The molecule has 0 N–H and O–H groups in total. The number of carbonyl (C=O) groups excluding carboxylic acids is 1. The van der Waals surface area contributed by atoms with Crippen molar-refractivity contribution in [1.29, 1.82) is 5.26 Å². The van der Waals surface area contributed by atoms with E-state index in [4.69, 9.17) is 24.5 Å². The fourth-order valence-corrected chi connectivity index (χ4v) is 3.96. The molecule has 0 unspecified atom stereocenters. The number of allylic oxidation sites excluding steroid dienone is 1. The number of hydrogen-bond donors (Lipinski definition) is 0. The molecular weight excluding hydrogens is 380 g/mol. The Morgan fingerprint density at radius 1 is 1.20 bits per heavy atom. The highest BCUT2D eigenvalue weighted by atomic mass is 16.7. The summed E-state index contributed by atoms with van der Waals surface area (Å²) in [6.45, 7) is 1.80. The third-order valence-corrected chi connectivity index (χ3v) is 5.35. The van der Waals surface area contributed by atoms with Crippen LogP contribution in [0.25, 0.3) is 22.6 Å². The predicted molar refractivity (Wildman–Crippen MR) is 111 cm³/mol. The zero-order valence-electron chi connectivity index (χ0n) is 16.3. The number of nitriles is 1. The molecular formula is C24H18N2O4. The fraction of sp³-hybridized carbons (Fsp3) is 0.208. The van der Waals surface area contributed by atoms with E-state index in [1.807, 2.05) is 48.5 Å². The maximum absolute atomic E-state index is 12.9. The van der Waals surface area contributed by atoms with Crippen molar-refractivity contribution < 1.29 is 19.0 Å². The van der Waals surface area contributed by atoms with Gasteiger partial charge in [-0.05, 0) is 60.7 Å². The minimum atomic E-state index is -0.815. The highest BCUT2D eigenvalue weighted by Gasteiger charge is 2.28. The summed E-state index contributed by atoms with van der Waals surface area (Å²) < 4.78 is 16.2. The molecule has 30 heavy (non-hydrogen) atoms. The molecule has 0 radical (unpaired) electrons. The molecule has 5 rings (SSSR count). The molecule has 0 saturated carbocycles. The number of benzene rings is 2. The van der Waals surface area contributed by atoms with Crippen molar-refractivity contribution in [3.63, 3.8) is 0 Å². The number of carbonyl (C=O) groups is 1. The molecule has 0 amide bonds. The summed E-state index contributed by atoms with van der Waals surface area (Å²) in [5.41, 5.74) is 4.95. The Morgan fingerprint density at radius 2 is 2.03 bits per heavy atom. The second-order valence-corrected chi connectivity index (χ2v) is 7.29. The molecule has 0 fully saturated rings. The van der Waals surface area contributed by atoms with E-state index in [9.17, 15) is 4.79 Å². The highest BCUT2D eigenvalue weighted by Crippen LogP contribution is 2.39. The Kier molecular flexibility index (Phi) is 4.36. The van der Waals surface area contributed by atoms with E-state index in [1.54, 1.807) is 6.92 Å². The zero-order valence-corrected chi connectivity index (χ0v) is 16.3. The fourth-order valence-electron chi connectivity index (χ4n) is 3.96. The standard InChI is InChI=1S/C24H18N2O4/c1-14(12-25)30-24(27)22-17-4-2-3-5-19(17)26-23-16(7-8-18(22)23)10-15-6-9-20-21(11-15)29-13-28-20/h2-6,9-11,14H,7-8,13H2,1H3/b16-10+/t14-/m1/s1. The summed E-state index contributed by atoms with van der Waals surface area (Å²) >= 11 is 0. The molecule has 0 bridgehead atoms. The van der Waals surface area contributed by atoms with Gasteiger partial charge in [-0.25, -0.2) is 9.78 Å². The molecule has 0 spiro atoms. The van der Waals surface area contributed by atoms with Crippen LogP contribution in [-0.2, 0) is 11.2 Å². The van der Waals surface area contributed by atoms with Crippen LogP contribution < -0.4 is 9.47 Å². The Morgan fingerprint density at radius 3 is 2.90 bits per heavy atom. The topological polar surface area (TPSA) is 81.4 Å². The summed E-state index contributed by atoms with van der Waals surface area (Å²) in [5.74, 6) is 0.983. The molecule has 2 heterocycles. The van der Waals surface area contributed by atoms with Gasteiger partial charge in [0, 0.05) is 5.39 Å². The van der Waals surface area contributed by atoms with Gasteiger partial charge < -0.3 is 14.2 Å². The Labute approximate surface area is 173 Å². The number of para-hydroxylation sites is 1. The zero-order chi connectivity index (χ0) is 20.7. The first-order valence-corrected chi connectivity index (χ1v) is 9.77. The number of hydrogen-bond acceptors (Lipinski definition) is 6. The quantitative estimate of drug-likeness (QED) is 0.604. The summed E-state index contributed by atoms with van der Waals surface area (Å²) in [6, 6.07) is 15.3. The Bertz CT molecular complexity index is 1260.